The second kappa shape index (κ2) is 12.4. The smallest absolute Gasteiger partial charge is 0.338 e. The molecule has 5 aromatic rings. The SMILES string of the molecule is O=C(OC[C@H]1O[C@@H](n2cnc3c(Cl)nncc32)[C@H](OC(=O)c2ccccc2)C1OC(=O)c1ccccc1)c1ccccc1. The highest BCUT2D eigenvalue weighted by Crippen LogP contribution is 2.37. The van der Waals surface area contributed by atoms with Crippen molar-refractivity contribution in [2.75, 3.05) is 6.61 Å². The number of nitrogens with zero attached hydrogens (tertiary/aromatic N) is 4. The Morgan fingerprint density at radius 3 is 1.88 bits per heavy atom. The summed E-state index contributed by atoms with van der Waals surface area (Å²) in [7, 11) is 0. The van der Waals surface area contributed by atoms with Crippen molar-refractivity contribution in [2.45, 2.75) is 24.5 Å². The molecular formula is C31H23ClN4O7. The van der Waals surface area contributed by atoms with Gasteiger partial charge in [0.2, 0.25) is 0 Å². The fourth-order valence-electron chi connectivity index (χ4n) is 4.72. The Labute approximate surface area is 249 Å². The number of fused-ring (bicyclic) bond motifs is 1. The molecule has 0 amide bonds. The number of rotatable bonds is 8. The van der Waals surface area contributed by atoms with Crippen molar-refractivity contribution >= 4 is 40.5 Å². The number of carbonyl (C=O) groups is 3. The topological polar surface area (TPSA) is 132 Å². The zero-order valence-corrected chi connectivity index (χ0v) is 23.1. The van der Waals surface area contributed by atoms with Gasteiger partial charge in [0.15, 0.2) is 23.6 Å². The van der Waals surface area contributed by atoms with E-state index in [0.717, 1.165) is 0 Å². The molecule has 0 bridgehead atoms. The third kappa shape index (κ3) is 5.94. The van der Waals surface area contributed by atoms with E-state index in [1.165, 1.54) is 12.5 Å². The van der Waals surface area contributed by atoms with E-state index >= 15 is 0 Å². The van der Waals surface area contributed by atoms with Crippen LogP contribution in [0.1, 0.15) is 37.3 Å². The zero-order valence-electron chi connectivity index (χ0n) is 22.4. The van der Waals surface area contributed by atoms with E-state index in [1.807, 2.05) is 0 Å². The van der Waals surface area contributed by atoms with Gasteiger partial charge in [0.25, 0.3) is 0 Å². The Kier molecular flexibility index (Phi) is 8.07. The van der Waals surface area contributed by atoms with E-state index < -0.39 is 42.4 Å². The molecule has 0 saturated carbocycles. The van der Waals surface area contributed by atoms with Gasteiger partial charge in [-0.3, -0.25) is 4.57 Å². The average molecular weight is 599 g/mol. The predicted molar refractivity (Wildman–Crippen MR) is 152 cm³/mol. The summed E-state index contributed by atoms with van der Waals surface area (Å²) >= 11 is 6.21. The molecule has 1 aliphatic rings. The van der Waals surface area contributed by atoms with Crippen LogP contribution in [0.3, 0.4) is 0 Å². The summed E-state index contributed by atoms with van der Waals surface area (Å²) in [5.74, 6) is -1.96. The van der Waals surface area contributed by atoms with E-state index in [1.54, 1.807) is 95.6 Å². The van der Waals surface area contributed by atoms with Crippen molar-refractivity contribution in [1.29, 1.82) is 0 Å². The summed E-state index contributed by atoms with van der Waals surface area (Å²) in [6.07, 6.45) is -1.65. The Morgan fingerprint density at radius 1 is 0.767 bits per heavy atom. The number of aromatic nitrogens is 4. The second-order valence-electron chi connectivity index (χ2n) is 9.52. The van der Waals surface area contributed by atoms with Crippen LogP contribution in [0.25, 0.3) is 11.0 Å². The first-order valence-electron chi connectivity index (χ1n) is 13.2. The molecule has 3 heterocycles. The molecule has 4 atom stereocenters. The minimum Gasteiger partial charge on any atom is -0.459 e. The molecule has 1 saturated heterocycles. The maximum atomic E-state index is 13.3. The van der Waals surface area contributed by atoms with Crippen LogP contribution in [-0.4, -0.2) is 62.6 Å². The molecular weight excluding hydrogens is 576 g/mol. The summed E-state index contributed by atoms with van der Waals surface area (Å²) < 4.78 is 25.4. The highest BCUT2D eigenvalue weighted by atomic mass is 35.5. The lowest BCUT2D eigenvalue weighted by molar-refractivity contribution is -0.0604. The molecule has 3 aromatic carbocycles. The van der Waals surface area contributed by atoms with Crippen molar-refractivity contribution in [3.8, 4) is 0 Å². The first-order chi connectivity index (χ1) is 21.0. The maximum Gasteiger partial charge on any atom is 0.338 e. The normalized spacial score (nSPS) is 19.6. The summed E-state index contributed by atoms with van der Waals surface area (Å²) in [6.45, 7) is -0.316. The number of benzene rings is 3. The third-order valence-corrected chi connectivity index (χ3v) is 7.06. The van der Waals surface area contributed by atoms with Gasteiger partial charge in [-0.25, -0.2) is 19.4 Å². The molecule has 0 radical (unpaired) electrons. The number of hydrogen-bond donors (Lipinski definition) is 0. The van der Waals surface area contributed by atoms with Crippen LogP contribution in [0.4, 0.5) is 0 Å². The Bertz CT molecular complexity index is 1750. The van der Waals surface area contributed by atoms with E-state index in [2.05, 4.69) is 15.2 Å². The minimum absolute atomic E-state index is 0.0625. The standard InChI is InChI=1S/C31H23ClN4O7/c32-27-24-22(16-34-35-27)36(18-33-24)28-26(43-31(39)21-14-8-3-9-15-21)25(42-30(38)20-12-6-2-7-13-20)23(41-28)17-40-29(37)19-10-4-1-5-11-19/h1-16,18,23,25-26,28H,17H2/t23-,25?,26-,28-/m1/s1. The van der Waals surface area contributed by atoms with Crippen LogP contribution in [0, 0.1) is 0 Å². The van der Waals surface area contributed by atoms with E-state index in [0.29, 0.717) is 16.6 Å². The van der Waals surface area contributed by atoms with Gasteiger partial charge in [-0.2, -0.15) is 5.10 Å². The van der Waals surface area contributed by atoms with Gasteiger partial charge in [-0.15, -0.1) is 5.10 Å². The largest absolute Gasteiger partial charge is 0.459 e. The second-order valence-corrected chi connectivity index (χ2v) is 9.88. The first kappa shape index (κ1) is 28.0. The van der Waals surface area contributed by atoms with Gasteiger partial charge in [-0.05, 0) is 36.4 Å². The summed E-state index contributed by atoms with van der Waals surface area (Å²) in [5.41, 5.74) is 1.65. The molecule has 12 heteroatoms. The summed E-state index contributed by atoms with van der Waals surface area (Å²) in [4.78, 5) is 43.7. The van der Waals surface area contributed by atoms with Gasteiger partial charge in [0, 0.05) is 0 Å². The van der Waals surface area contributed by atoms with Crippen molar-refractivity contribution < 1.29 is 33.3 Å². The number of carbonyl (C=O) groups excluding carboxylic acids is 3. The van der Waals surface area contributed by atoms with Gasteiger partial charge in [0.05, 0.1) is 34.7 Å². The van der Waals surface area contributed by atoms with E-state index in [9.17, 15) is 14.4 Å². The quantitative estimate of drug-likeness (QED) is 0.183. The lowest BCUT2D eigenvalue weighted by Crippen LogP contribution is -2.41. The van der Waals surface area contributed by atoms with Crippen molar-refractivity contribution in [1.82, 2.24) is 19.7 Å². The molecule has 1 unspecified atom stereocenters. The van der Waals surface area contributed by atoms with Gasteiger partial charge in [-0.1, -0.05) is 66.2 Å². The highest BCUT2D eigenvalue weighted by molar-refractivity contribution is 6.33. The molecule has 0 spiro atoms. The predicted octanol–water partition coefficient (Wildman–Crippen LogP) is 4.69. The van der Waals surface area contributed by atoms with Crippen molar-refractivity contribution in [3.63, 3.8) is 0 Å². The van der Waals surface area contributed by atoms with Gasteiger partial charge in [0.1, 0.15) is 18.2 Å². The lowest BCUT2D eigenvalue weighted by atomic mass is 10.1. The first-order valence-corrected chi connectivity index (χ1v) is 13.6. The zero-order chi connectivity index (χ0) is 29.8. The number of hydrogen-bond acceptors (Lipinski definition) is 10. The van der Waals surface area contributed by atoms with Crippen LogP contribution < -0.4 is 0 Å². The van der Waals surface area contributed by atoms with Crippen molar-refractivity contribution in [3.05, 3.63) is 125 Å². The van der Waals surface area contributed by atoms with Crippen LogP contribution >= 0.6 is 11.6 Å². The summed E-state index contributed by atoms with van der Waals surface area (Å²) in [5, 5.41) is 7.79. The number of imidazole rings is 1. The lowest BCUT2D eigenvalue weighted by Gasteiger charge is -2.25. The van der Waals surface area contributed by atoms with Gasteiger partial charge >= 0.3 is 17.9 Å². The molecule has 2 aromatic heterocycles. The van der Waals surface area contributed by atoms with Crippen LogP contribution in [0.15, 0.2) is 104 Å². The molecule has 0 N–H and O–H groups in total. The van der Waals surface area contributed by atoms with Crippen LogP contribution in [0.5, 0.6) is 0 Å². The van der Waals surface area contributed by atoms with Crippen LogP contribution in [0.2, 0.25) is 5.15 Å². The summed E-state index contributed by atoms with van der Waals surface area (Å²) in [6, 6.07) is 25.1. The molecule has 0 aliphatic carbocycles. The molecule has 6 rings (SSSR count). The minimum atomic E-state index is -1.20. The Balaban J connectivity index is 1.37. The van der Waals surface area contributed by atoms with E-state index in [4.69, 9.17) is 30.5 Å². The highest BCUT2D eigenvalue weighted by Gasteiger charge is 2.51. The average Bonchev–Trinajstić information content (AvgIpc) is 3.63. The molecule has 216 valence electrons. The Morgan fingerprint density at radius 2 is 1.30 bits per heavy atom. The molecule has 11 nitrogen and oxygen atoms in total. The van der Waals surface area contributed by atoms with Crippen LogP contribution in [-0.2, 0) is 18.9 Å². The molecule has 1 fully saturated rings. The van der Waals surface area contributed by atoms with Crippen molar-refractivity contribution in [2.24, 2.45) is 0 Å². The van der Waals surface area contributed by atoms with Gasteiger partial charge < -0.3 is 18.9 Å². The molecule has 43 heavy (non-hydrogen) atoms. The molecule has 1 aliphatic heterocycles. The Hall–Kier alpha value is -5.13. The number of ether oxygens (including phenoxy) is 4. The monoisotopic (exact) mass is 598 g/mol. The van der Waals surface area contributed by atoms with E-state index in [-0.39, 0.29) is 22.9 Å². The maximum absolute atomic E-state index is 13.3. The number of halogens is 1. The number of esters is 3. The fraction of sp³-hybridized carbons (Fsp3) is 0.161. The fourth-order valence-corrected chi connectivity index (χ4v) is 4.91. The third-order valence-electron chi connectivity index (χ3n) is 6.81.